The van der Waals surface area contributed by atoms with Crippen LogP contribution in [-0.2, 0) is 19.1 Å². The molecule has 0 radical (unpaired) electrons. The maximum atomic E-state index is 12.8. The molecule has 2 unspecified atom stereocenters. The third-order valence-corrected chi connectivity index (χ3v) is 7.99. The molecule has 0 aliphatic heterocycles. The van der Waals surface area contributed by atoms with Crippen LogP contribution in [0.1, 0.15) is 188 Å². The van der Waals surface area contributed by atoms with Gasteiger partial charge in [0, 0.05) is 0 Å². The molecule has 0 saturated heterocycles. The minimum absolute atomic E-state index is 0.114. The van der Waals surface area contributed by atoms with Crippen LogP contribution in [0.4, 0.5) is 0 Å². The third kappa shape index (κ3) is 24.5. The van der Waals surface area contributed by atoms with Crippen LogP contribution in [0.3, 0.4) is 0 Å². The summed E-state index contributed by atoms with van der Waals surface area (Å²) < 4.78 is 11.3. The standard InChI is InChI=1S/C35H68O4/c1-5-9-11-13-15-17-19-21-23-25-29-38-34(36)32(27-7-3)31-33(28-8-4)35(37)39-30-26-24-22-20-18-16-14-12-10-6-2/h32-33H,5-31H2,1-4H3. The zero-order valence-corrected chi connectivity index (χ0v) is 26.9. The second kappa shape index (κ2) is 29.9. The summed E-state index contributed by atoms with van der Waals surface area (Å²) in [6, 6.07) is 0. The molecular weight excluding hydrogens is 484 g/mol. The van der Waals surface area contributed by atoms with Crippen molar-refractivity contribution in [3.63, 3.8) is 0 Å². The van der Waals surface area contributed by atoms with Crippen molar-refractivity contribution < 1.29 is 19.1 Å². The van der Waals surface area contributed by atoms with E-state index in [0.717, 1.165) is 51.4 Å². The summed E-state index contributed by atoms with van der Waals surface area (Å²) in [5.41, 5.74) is 0. The molecule has 0 spiro atoms. The molecular formula is C35H68O4. The highest BCUT2D eigenvalue weighted by molar-refractivity contribution is 5.76. The number of carbonyl (C=O) groups is 2. The van der Waals surface area contributed by atoms with Gasteiger partial charge in [-0.3, -0.25) is 9.59 Å². The van der Waals surface area contributed by atoms with Gasteiger partial charge in [-0.2, -0.15) is 0 Å². The van der Waals surface area contributed by atoms with Crippen molar-refractivity contribution in [2.24, 2.45) is 11.8 Å². The lowest BCUT2D eigenvalue weighted by Gasteiger charge is -2.21. The van der Waals surface area contributed by atoms with Crippen molar-refractivity contribution in [1.82, 2.24) is 0 Å². The monoisotopic (exact) mass is 553 g/mol. The highest BCUT2D eigenvalue weighted by Gasteiger charge is 2.28. The Morgan fingerprint density at radius 1 is 0.410 bits per heavy atom. The number of rotatable bonds is 30. The van der Waals surface area contributed by atoms with Gasteiger partial charge in [0.05, 0.1) is 25.0 Å². The minimum Gasteiger partial charge on any atom is -0.465 e. The maximum Gasteiger partial charge on any atom is 0.308 e. The smallest absolute Gasteiger partial charge is 0.308 e. The summed E-state index contributed by atoms with van der Waals surface area (Å²) in [4.78, 5) is 25.7. The Hall–Kier alpha value is -1.06. The molecule has 0 aliphatic rings. The normalized spacial score (nSPS) is 12.8. The third-order valence-electron chi connectivity index (χ3n) is 7.99. The number of unbranched alkanes of at least 4 members (excludes halogenated alkanes) is 18. The zero-order chi connectivity index (χ0) is 28.8. The van der Waals surface area contributed by atoms with Gasteiger partial charge >= 0.3 is 11.9 Å². The van der Waals surface area contributed by atoms with Crippen LogP contribution in [0.5, 0.6) is 0 Å². The Kier molecular flexibility index (Phi) is 29.1. The van der Waals surface area contributed by atoms with E-state index in [9.17, 15) is 9.59 Å². The Morgan fingerprint density at radius 2 is 0.692 bits per heavy atom. The highest BCUT2D eigenvalue weighted by atomic mass is 16.5. The average Bonchev–Trinajstić information content (AvgIpc) is 2.93. The van der Waals surface area contributed by atoms with E-state index < -0.39 is 0 Å². The molecule has 0 bridgehead atoms. The van der Waals surface area contributed by atoms with E-state index in [1.165, 1.54) is 103 Å². The minimum atomic E-state index is -0.195. The van der Waals surface area contributed by atoms with Crippen molar-refractivity contribution in [3.8, 4) is 0 Å². The molecule has 0 aromatic heterocycles. The first-order chi connectivity index (χ1) is 19.1. The Balaban J connectivity index is 4.13. The van der Waals surface area contributed by atoms with E-state index in [-0.39, 0.29) is 23.8 Å². The SMILES string of the molecule is CCCCCCCCCCCCOC(=O)C(CCC)CC(CCC)C(=O)OCCCCCCCCCCCC. The molecule has 0 N–H and O–H groups in total. The Morgan fingerprint density at radius 3 is 0.974 bits per heavy atom. The van der Waals surface area contributed by atoms with Crippen molar-refractivity contribution in [3.05, 3.63) is 0 Å². The molecule has 0 heterocycles. The summed E-state index contributed by atoms with van der Waals surface area (Å²) in [6.45, 7) is 9.74. The van der Waals surface area contributed by atoms with Crippen LogP contribution in [0, 0.1) is 11.8 Å². The van der Waals surface area contributed by atoms with Crippen LogP contribution in [0.2, 0.25) is 0 Å². The van der Waals surface area contributed by atoms with Gasteiger partial charge in [-0.25, -0.2) is 0 Å². The molecule has 0 aromatic carbocycles. The fraction of sp³-hybridized carbons (Fsp3) is 0.943. The fourth-order valence-electron chi connectivity index (χ4n) is 5.46. The summed E-state index contributed by atoms with van der Waals surface area (Å²) in [6.07, 6.45) is 29.4. The number of carbonyl (C=O) groups excluding carboxylic acids is 2. The van der Waals surface area contributed by atoms with Crippen LogP contribution < -0.4 is 0 Å². The molecule has 4 nitrogen and oxygen atoms in total. The second-order valence-corrected chi connectivity index (χ2v) is 11.9. The molecule has 0 aliphatic carbocycles. The number of hydrogen-bond acceptors (Lipinski definition) is 4. The number of esters is 2. The van der Waals surface area contributed by atoms with Crippen molar-refractivity contribution in [2.75, 3.05) is 13.2 Å². The van der Waals surface area contributed by atoms with Gasteiger partial charge in [0.25, 0.3) is 0 Å². The first-order valence-corrected chi connectivity index (χ1v) is 17.4. The second-order valence-electron chi connectivity index (χ2n) is 11.9. The molecule has 0 rings (SSSR count). The lowest BCUT2D eigenvalue weighted by molar-refractivity contribution is -0.153. The lowest BCUT2D eigenvalue weighted by Crippen LogP contribution is -2.26. The quantitative estimate of drug-likeness (QED) is 0.0656. The molecule has 0 saturated carbocycles. The highest BCUT2D eigenvalue weighted by Crippen LogP contribution is 2.24. The largest absolute Gasteiger partial charge is 0.465 e. The molecule has 2 atom stereocenters. The number of ether oxygens (including phenoxy) is 2. The van der Waals surface area contributed by atoms with Crippen molar-refractivity contribution >= 4 is 11.9 Å². The first-order valence-electron chi connectivity index (χ1n) is 17.4. The molecule has 0 aromatic rings. The van der Waals surface area contributed by atoms with Crippen LogP contribution in [0.25, 0.3) is 0 Å². The molecule has 0 amide bonds. The average molecular weight is 553 g/mol. The predicted octanol–water partition coefficient (Wildman–Crippen LogP) is 11.1. The van der Waals surface area contributed by atoms with Gasteiger partial charge in [0.1, 0.15) is 0 Å². The topological polar surface area (TPSA) is 52.6 Å². The summed E-state index contributed by atoms with van der Waals surface area (Å²) in [5, 5.41) is 0. The summed E-state index contributed by atoms with van der Waals surface area (Å²) in [5.74, 6) is -0.619. The molecule has 0 fully saturated rings. The van der Waals surface area contributed by atoms with Gasteiger partial charge in [-0.15, -0.1) is 0 Å². The van der Waals surface area contributed by atoms with E-state index in [0.29, 0.717) is 19.6 Å². The Bertz CT molecular complexity index is 487. The van der Waals surface area contributed by atoms with Gasteiger partial charge in [0.15, 0.2) is 0 Å². The van der Waals surface area contributed by atoms with Crippen molar-refractivity contribution in [1.29, 1.82) is 0 Å². The van der Waals surface area contributed by atoms with Gasteiger partial charge in [0.2, 0.25) is 0 Å². The van der Waals surface area contributed by atoms with E-state index in [4.69, 9.17) is 9.47 Å². The Labute approximate surface area is 244 Å². The van der Waals surface area contributed by atoms with E-state index in [2.05, 4.69) is 27.7 Å². The molecule has 232 valence electrons. The van der Waals surface area contributed by atoms with E-state index >= 15 is 0 Å². The van der Waals surface area contributed by atoms with Gasteiger partial charge < -0.3 is 9.47 Å². The van der Waals surface area contributed by atoms with Gasteiger partial charge in [-0.1, -0.05) is 156 Å². The first kappa shape index (κ1) is 37.9. The van der Waals surface area contributed by atoms with Crippen LogP contribution in [0.15, 0.2) is 0 Å². The van der Waals surface area contributed by atoms with E-state index in [1.54, 1.807) is 0 Å². The lowest BCUT2D eigenvalue weighted by atomic mass is 9.88. The van der Waals surface area contributed by atoms with Gasteiger partial charge in [-0.05, 0) is 32.1 Å². The fourth-order valence-corrected chi connectivity index (χ4v) is 5.46. The summed E-state index contributed by atoms with van der Waals surface area (Å²) in [7, 11) is 0. The molecule has 4 heteroatoms. The van der Waals surface area contributed by atoms with Crippen LogP contribution in [-0.4, -0.2) is 25.2 Å². The predicted molar refractivity (Wildman–Crippen MR) is 167 cm³/mol. The number of hydrogen-bond donors (Lipinski definition) is 0. The van der Waals surface area contributed by atoms with E-state index in [1.807, 2.05) is 0 Å². The zero-order valence-electron chi connectivity index (χ0n) is 26.9. The van der Waals surface area contributed by atoms with Crippen molar-refractivity contribution in [2.45, 2.75) is 188 Å². The van der Waals surface area contributed by atoms with Crippen LogP contribution >= 0.6 is 0 Å². The molecule has 39 heavy (non-hydrogen) atoms. The summed E-state index contributed by atoms with van der Waals surface area (Å²) >= 11 is 0. The maximum absolute atomic E-state index is 12.8.